The van der Waals surface area contributed by atoms with E-state index >= 15 is 0 Å². The topological polar surface area (TPSA) is 169 Å². The van der Waals surface area contributed by atoms with E-state index in [9.17, 15) is 23.9 Å². The van der Waals surface area contributed by atoms with Gasteiger partial charge in [-0.3, -0.25) is 14.6 Å². The highest BCUT2D eigenvalue weighted by molar-refractivity contribution is 6.05. The first-order valence-electron chi connectivity index (χ1n) is 14.6. The van der Waals surface area contributed by atoms with Crippen LogP contribution in [0, 0.1) is 12.7 Å². The average molecular weight is 613 g/mol. The number of fused-ring (bicyclic) bond motifs is 2. The number of pyridine rings is 2. The SMILES string of the molecule is Cc1ccc2cc(C(=O)NC[C@](C)(O)c3cc4c(c(-c5ccc(F)cc5)n3)OC[C@]4(C)C(N)=O)cc(NC(=O)NC3CC3)c2n1. The normalized spacial score (nSPS) is 18.4. The minimum Gasteiger partial charge on any atom is -0.489 e. The van der Waals surface area contributed by atoms with E-state index < -0.39 is 28.6 Å². The number of nitrogens with two attached hydrogens (primary N) is 1. The van der Waals surface area contributed by atoms with E-state index in [1.54, 1.807) is 25.1 Å². The molecule has 1 fully saturated rings. The quantitative estimate of drug-likeness (QED) is 0.202. The Hall–Kier alpha value is -5.10. The number of hydrogen-bond acceptors (Lipinski definition) is 7. The lowest BCUT2D eigenvalue weighted by molar-refractivity contribution is -0.123. The smallest absolute Gasteiger partial charge is 0.319 e. The third-order valence-electron chi connectivity index (χ3n) is 8.23. The highest BCUT2D eigenvalue weighted by Gasteiger charge is 2.45. The van der Waals surface area contributed by atoms with Crippen molar-refractivity contribution in [2.45, 2.75) is 50.7 Å². The Morgan fingerprint density at radius 1 is 1.11 bits per heavy atom. The number of nitrogens with zero attached hydrogens (tertiary/aromatic N) is 2. The third kappa shape index (κ3) is 5.88. The van der Waals surface area contributed by atoms with E-state index in [1.165, 1.54) is 31.2 Å². The predicted octanol–water partition coefficient (Wildman–Crippen LogP) is 3.80. The summed E-state index contributed by atoms with van der Waals surface area (Å²) in [6, 6.07) is 13.7. The molecule has 1 aliphatic heterocycles. The number of carbonyl (C=O) groups excluding carboxylic acids is 3. The molecule has 6 rings (SSSR count). The van der Waals surface area contributed by atoms with Crippen LogP contribution in [0.4, 0.5) is 14.9 Å². The van der Waals surface area contributed by atoms with Crippen molar-refractivity contribution in [1.82, 2.24) is 20.6 Å². The summed E-state index contributed by atoms with van der Waals surface area (Å²) in [5.41, 5.74) is 6.14. The van der Waals surface area contributed by atoms with Crippen molar-refractivity contribution in [3.05, 3.63) is 82.9 Å². The number of aryl methyl sites for hydroxylation is 1. The van der Waals surface area contributed by atoms with E-state index in [-0.39, 0.29) is 36.5 Å². The van der Waals surface area contributed by atoms with Crippen LogP contribution in [0.1, 0.15) is 54.0 Å². The summed E-state index contributed by atoms with van der Waals surface area (Å²) in [4.78, 5) is 47.7. The summed E-state index contributed by atoms with van der Waals surface area (Å²) in [6.07, 6.45) is 1.85. The van der Waals surface area contributed by atoms with Crippen LogP contribution in [-0.4, -0.2) is 52.1 Å². The molecule has 4 aromatic rings. The van der Waals surface area contributed by atoms with Crippen LogP contribution in [0.25, 0.3) is 22.2 Å². The van der Waals surface area contributed by atoms with Crippen LogP contribution >= 0.6 is 0 Å². The number of hydrogen-bond donors (Lipinski definition) is 5. The Balaban J connectivity index is 1.30. The maximum Gasteiger partial charge on any atom is 0.319 e. The summed E-state index contributed by atoms with van der Waals surface area (Å²) in [5.74, 6) is -1.25. The van der Waals surface area contributed by atoms with Gasteiger partial charge in [-0.1, -0.05) is 6.07 Å². The van der Waals surface area contributed by atoms with Gasteiger partial charge in [0.05, 0.1) is 23.4 Å². The van der Waals surface area contributed by atoms with Gasteiger partial charge in [0.1, 0.15) is 34.9 Å². The van der Waals surface area contributed by atoms with Gasteiger partial charge in [0.2, 0.25) is 5.91 Å². The summed E-state index contributed by atoms with van der Waals surface area (Å²) >= 11 is 0. The predicted molar refractivity (Wildman–Crippen MR) is 165 cm³/mol. The van der Waals surface area contributed by atoms with Gasteiger partial charge < -0.3 is 31.5 Å². The van der Waals surface area contributed by atoms with Crippen LogP contribution in [0.5, 0.6) is 5.75 Å². The molecule has 0 radical (unpaired) electrons. The molecule has 3 heterocycles. The molecule has 0 spiro atoms. The second kappa shape index (κ2) is 11.1. The monoisotopic (exact) mass is 612 g/mol. The molecule has 45 heavy (non-hydrogen) atoms. The van der Waals surface area contributed by atoms with E-state index in [4.69, 9.17) is 10.5 Å². The van der Waals surface area contributed by atoms with Gasteiger partial charge in [-0.25, -0.2) is 14.2 Å². The maximum atomic E-state index is 13.7. The number of amides is 4. The van der Waals surface area contributed by atoms with Crippen LogP contribution in [0.15, 0.2) is 54.6 Å². The first-order chi connectivity index (χ1) is 21.3. The van der Waals surface area contributed by atoms with Gasteiger partial charge in [0.25, 0.3) is 5.91 Å². The number of carbonyl (C=O) groups is 3. The number of nitrogens with one attached hydrogen (secondary N) is 3. The number of halogens is 1. The van der Waals surface area contributed by atoms with Crippen molar-refractivity contribution in [1.29, 1.82) is 0 Å². The summed E-state index contributed by atoms with van der Waals surface area (Å²) in [7, 11) is 0. The number of aliphatic hydroxyl groups is 1. The fourth-order valence-corrected chi connectivity index (χ4v) is 5.24. The van der Waals surface area contributed by atoms with Crippen molar-refractivity contribution in [2.24, 2.45) is 5.73 Å². The minimum absolute atomic E-state index is 0.0265. The molecule has 2 aromatic carbocycles. The molecule has 2 atom stereocenters. The van der Waals surface area contributed by atoms with E-state index in [2.05, 4.69) is 25.9 Å². The Labute approximate surface area is 258 Å². The Morgan fingerprint density at radius 2 is 1.84 bits per heavy atom. The molecule has 4 amide bonds. The zero-order chi connectivity index (χ0) is 32.1. The largest absolute Gasteiger partial charge is 0.489 e. The minimum atomic E-state index is -1.72. The molecule has 0 unspecified atom stereocenters. The van der Waals surface area contributed by atoms with Gasteiger partial charge in [-0.15, -0.1) is 0 Å². The highest BCUT2D eigenvalue weighted by atomic mass is 19.1. The Kier molecular flexibility index (Phi) is 7.40. The van der Waals surface area contributed by atoms with Crippen molar-refractivity contribution < 1.29 is 28.6 Å². The van der Waals surface area contributed by atoms with Crippen LogP contribution < -0.4 is 26.4 Å². The molecule has 12 heteroatoms. The van der Waals surface area contributed by atoms with Gasteiger partial charge >= 0.3 is 6.03 Å². The number of aromatic nitrogens is 2. The second-order valence-corrected chi connectivity index (χ2v) is 12.1. The first kappa shape index (κ1) is 29.9. The number of rotatable bonds is 8. The molecule has 2 aliphatic rings. The standard InChI is InChI=1S/C33H33FN6O5/c1-17-4-5-19-12-20(13-24(26(19)37-17)39-31(43)38-22-10-11-22)29(41)36-15-33(3,44)25-14-23-28(45-16-32(23,2)30(35)42)27(40-25)18-6-8-21(34)9-7-18/h4-9,12-14,22,44H,10-11,15-16H2,1-3H3,(H2,35,42)(H,36,41)(H2,38,39,43)/t32-,33-/m0/s1. The van der Waals surface area contributed by atoms with Crippen molar-refractivity contribution in [3.63, 3.8) is 0 Å². The molecule has 0 saturated heterocycles. The summed E-state index contributed by atoms with van der Waals surface area (Å²) in [6.45, 7) is 4.67. The molecule has 232 valence electrons. The molecular weight excluding hydrogens is 579 g/mol. The second-order valence-electron chi connectivity index (χ2n) is 12.1. The number of ether oxygens (including phenoxy) is 1. The number of anilines is 1. The summed E-state index contributed by atoms with van der Waals surface area (Å²) < 4.78 is 19.6. The van der Waals surface area contributed by atoms with E-state index in [0.717, 1.165) is 18.5 Å². The van der Waals surface area contributed by atoms with Gasteiger partial charge in [0, 0.05) is 33.8 Å². The van der Waals surface area contributed by atoms with Crippen molar-refractivity contribution in [2.75, 3.05) is 18.5 Å². The van der Waals surface area contributed by atoms with Gasteiger partial charge in [-0.05, 0) is 82.1 Å². The Morgan fingerprint density at radius 3 is 2.53 bits per heavy atom. The number of urea groups is 1. The number of benzene rings is 2. The highest BCUT2D eigenvalue weighted by Crippen LogP contribution is 2.45. The van der Waals surface area contributed by atoms with Crippen LogP contribution in [-0.2, 0) is 15.8 Å². The molecule has 6 N–H and O–H groups in total. The zero-order valence-electron chi connectivity index (χ0n) is 25.0. The molecule has 1 saturated carbocycles. The lowest BCUT2D eigenvalue weighted by atomic mass is 9.82. The van der Waals surface area contributed by atoms with Crippen molar-refractivity contribution in [3.8, 4) is 17.0 Å². The molecule has 11 nitrogen and oxygen atoms in total. The lowest BCUT2D eigenvalue weighted by Gasteiger charge is -2.26. The first-order valence-corrected chi connectivity index (χ1v) is 14.6. The lowest BCUT2D eigenvalue weighted by Crippen LogP contribution is -2.41. The summed E-state index contributed by atoms with van der Waals surface area (Å²) in [5, 5.41) is 20.7. The molecule has 0 bridgehead atoms. The van der Waals surface area contributed by atoms with Crippen molar-refractivity contribution >= 4 is 34.4 Å². The van der Waals surface area contributed by atoms with Crippen LogP contribution in [0.3, 0.4) is 0 Å². The Bertz CT molecular complexity index is 1860. The molecule has 1 aliphatic carbocycles. The number of primary amides is 1. The van der Waals surface area contributed by atoms with Gasteiger partial charge in [0.15, 0.2) is 0 Å². The maximum absolute atomic E-state index is 13.7. The molecular formula is C33H33FN6O5. The van der Waals surface area contributed by atoms with Crippen LogP contribution in [0.2, 0.25) is 0 Å². The third-order valence-corrected chi connectivity index (χ3v) is 8.23. The van der Waals surface area contributed by atoms with E-state index in [1.807, 2.05) is 19.1 Å². The fraction of sp³-hybridized carbons (Fsp3) is 0.303. The fourth-order valence-electron chi connectivity index (χ4n) is 5.24. The van der Waals surface area contributed by atoms with Gasteiger partial charge in [-0.2, -0.15) is 0 Å². The average Bonchev–Trinajstić information content (AvgIpc) is 3.75. The zero-order valence-corrected chi connectivity index (χ0v) is 25.0. The van der Waals surface area contributed by atoms with E-state index in [0.29, 0.717) is 39.2 Å². The molecule has 2 aromatic heterocycles.